The molecule has 0 saturated heterocycles. The standard InChI is InChI=1S/C24H23N5O/c1-4-29-18-8-6-5-7-15(18)16-11-14(9-10-19(16)29)20-17(12-25)23(26)30-24-21(20)22(13(2)3)27-28-24/h5-11,13,20H,4,26H2,1-3H3,(H,27,28)/t20-/m0/s1. The van der Waals surface area contributed by atoms with Gasteiger partial charge in [0.15, 0.2) is 0 Å². The molecule has 1 aliphatic rings. The van der Waals surface area contributed by atoms with Crippen LogP contribution in [0, 0.1) is 11.3 Å². The van der Waals surface area contributed by atoms with E-state index in [1.165, 1.54) is 21.8 Å². The van der Waals surface area contributed by atoms with E-state index in [0.29, 0.717) is 11.5 Å². The van der Waals surface area contributed by atoms with Crippen LogP contribution in [0.3, 0.4) is 0 Å². The topological polar surface area (TPSA) is 92.7 Å². The van der Waals surface area contributed by atoms with Gasteiger partial charge in [-0.2, -0.15) is 5.26 Å². The minimum atomic E-state index is -0.317. The number of allylic oxidation sites excluding steroid dienone is 1. The number of nitrogens with zero attached hydrogens (tertiary/aromatic N) is 3. The first-order chi connectivity index (χ1) is 14.5. The maximum absolute atomic E-state index is 9.91. The number of para-hydroxylation sites is 1. The van der Waals surface area contributed by atoms with Gasteiger partial charge in [-0.1, -0.05) is 38.1 Å². The molecule has 150 valence electrons. The molecule has 2 aromatic carbocycles. The van der Waals surface area contributed by atoms with Crippen LogP contribution < -0.4 is 10.5 Å². The molecule has 3 heterocycles. The van der Waals surface area contributed by atoms with Crippen molar-refractivity contribution in [3.8, 4) is 11.9 Å². The molecule has 0 spiro atoms. The van der Waals surface area contributed by atoms with E-state index < -0.39 is 0 Å². The summed E-state index contributed by atoms with van der Waals surface area (Å²) in [5, 5.41) is 19.7. The summed E-state index contributed by atoms with van der Waals surface area (Å²) in [4.78, 5) is 0. The Morgan fingerprint density at radius 3 is 2.70 bits per heavy atom. The highest BCUT2D eigenvalue weighted by Gasteiger charge is 2.36. The lowest BCUT2D eigenvalue weighted by Crippen LogP contribution is -2.21. The Labute approximate surface area is 174 Å². The molecule has 6 heteroatoms. The molecule has 0 amide bonds. The van der Waals surface area contributed by atoms with Crippen molar-refractivity contribution in [2.75, 3.05) is 0 Å². The number of benzene rings is 2. The fourth-order valence-electron chi connectivity index (χ4n) is 4.63. The smallest absolute Gasteiger partial charge is 0.244 e. The van der Waals surface area contributed by atoms with E-state index in [2.05, 4.69) is 84.1 Å². The summed E-state index contributed by atoms with van der Waals surface area (Å²) >= 11 is 0. The minimum absolute atomic E-state index is 0.118. The molecule has 0 unspecified atom stereocenters. The zero-order chi connectivity index (χ0) is 21.0. The molecule has 2 aromatic heterocycles. The third-order valence-electron chi connectivity index (χ3n) is 5.99. The Kier molecular flexibility index (Phi) is 4.07. The fraction of sp³-hybridized carbons (Fsp3) is 0.250. The first-order valence-corrected chi connectivity index (χ1v) is 10.2. The van der Waals surface area contributed by atoms with Gasteiger partial charge in [-0.15, -0.1) is 5.10 Å². The number of hydrogen-bond donors (Lipinski definition) is 2. The van der Waals surface area contributed by atoms with Gasteiger partial charge in [-0.3, -0.25) is 5.10 Å². The van der Waals surface area contributed by atoms with Gasteiger partial charge in [-0.25, -0.2) is 0 Å². The molecule has 5 rings (SSSR count). The Morgan fingerprint density at radius 1 is 1.20 bits per heavy atom. The summed E-state index contributed by atoms with van der Waals surface area (Å²) in [6.07, 6.45) is 0. The number of ether oxygens (including phenoxy) is 1. The number of aromatic nitrogens is 3. The highest BCUT2D eigenvalue weighted by Crippen LogP contribution is 2.45. The first-order valence-electron chi connectivity index (χ1n) is 10.2. The van der Waals surface area contributed by atoms with Gasteiger partial charge in [0.1, 0.15) is 11.6 Å². The zero-order valence-corrected chi connectivity index (χ0v) is 17.2. The highest BCUT2D eigenvalue weighted by atomic mass is 16.5. The van der Waals surface area contributed by atoms with Crippen LogP contribution in [0.15, 0.2) is 53.9 Å². The summed E-state index contributed by atoms with van der Waals surface area (Å²) in [7, 11) is 0. The van der Waals surface area contributed by atoms with Gasteiger partial charge in [0.05, 0.1) is 11.5 Å². The monoisotopic (exact) mass is 397 g/mol. The Bertz CT molecular complexity index is 1370. The average Bonchev–Trinajstić information content (AvgIpc) is 3.31. The molecule has 0 fully saturated rings. The molecular formula is C24H23N5O. The molecule has 0 bridgehead atoms. The third kappa shape index (κ3) is 2.45. The predicted octanol–water partition coefficient (Wildman–Crippen LogP) is 4.88. The fourth-order valence-corrected chi connectivity index (χ4v) is 4.63. The van der Waals surface area contributed by atoms with Crippen LogP contribution in [0.2, 0.25) is 0 Å². The Hall–Kier alpha value is -3.72. The Morgan fingerprint density at radius 2 is 1.97 bits per heavy atom. The van der Waals surface area contributed by atoms with Crippen LogP contribution in [0.4, 0.5) is 0 Å². The molecular weight excluding hydrogens is 374 g/mol. The van der Waals surface area contributed by atoms with Crippen LogP contribution in [-0.4, -0.2) is 14.8 Å². The summed E-state index contributed by atoms with van der Waals surface area (Å²) < 4.78 is 8.00. The van der Waals surface area contributed by atoms with Crippen molar-refractivity contribution in [1.82, 2.24) is 14.8 Å². The van der Waals surface area contributed by atoms with Crippen molar-refractivity contribution in [2.24, 2.45) is 5.73 Å². The van der Waals surface area contributed by atoms with E-state index in [4.69, 9.17) is 10.5 Å². The van der Waals surface area contributed by atoms with E-state index in [1.54, 1.807) is 0 Å². The van der Waals surface area contributed by atoms with Gasteiger partial charge in [0.2, 0.25) is 11.8 Å². The van der Waals surface area contributed by atoms with E-state index in [-0.39, 0.29) is 17.7 Å². The molecule has 0 aliphatic carbocycles. The summed E-state index contributed by atoms with van der Waals surface area (Å²) in [5.41, 5.74) is 11.8. The lowest BCUT2D eigenvalue weighted by Gasteiger charge is -2.25. The molecule has 3 N–H and O–H groups in total. The number of aromatic amines is 1. The number of fused-ring (bicyclic) bond motifs is 4. The van der Waals surface area contributed by atoms with Crippen LogP contribution in [0.25, 0.3) is 21.8 Å². The Balaban J connectivity index is 1.80. The van der Waals surface area contributed by atoms with Crippen LogP contribution in [0.5, 0.6) is 5.88 Å². The second kappa shape index (κ2) is 6.67. The summed E-state index contributed by atoms with van der Waals surface area (Å²) in [6, 6.07) is 17.1. The lowest BCUT2D eigenvalue weighted by molar-refractivity contribution is 0.378. The maximum Gasteiger partial charge on any atom is 0.244 e. The predicted molar refractivity (Wildman–Crippen MR) is 117 cm³/mol. The average molecular weight is 397 g/mol. The third-order valence-corrected chi connectivity index (χ3v) is 5.99. The van der Waals surface area contributed by atoms with Crippen LogP contribution >= 0.6 is 0 Å². The van der Waals surface area contributed by atoms with Gasteiger partial charge in [0.25, 0.3) is 0 Å². The molecule has 0 saturated carbocycles. The normalized spacial score (nSPS) is 16.2. The van der Waals surface area contributed by atoms with Crippen molar-refractivity contribution >= 4 is 21.8 Å². The van der Waals surface area contributed by atoms with E-state index in [1.807, 2.05) is 0 Å². The second-order valence-corrected chi connectivity index (χ2v) is 7.97. The van der Waals surface area contributed by atoms with Gasteiger partial charge in [-0.05, 0) is 36.6 Å². The quantitative estimate of drug-likeness (QED) is 0.515. The zero-order valence-electron chi connectivity index (χ0n) is 17.2. The number of hydrogen-bond acceptors (Lipinski definition) is 4. The summed E-state index contributed by atoms with van der Waals surface area (Å²) in [5.74, 6) is 0.463. The number of nitrogens with one attached hydrogen (secondary N) is 1. The van der Waals surface area contributed by atoms with E-state index >= 15 is 0 Å². The van der Waals surface area contributed by atoms with E-state index in [9.17, 15) is 5.26 Å². The second-order valence-electron chi connectivity index (χ2n) is 7.97. The number of nitriles is 1. The molecule has 1 atom stereocenters. The van der Waals surface area contributed by atoms with Crippen molar-refractivity contribution in [1.29, 1.82) is 5.26 Å². The first kappa shape index (κ1) is 18.3. The van der Waals surface area contributed by atoms with Crippen molar-refractivity contribution in [3.05, 3.63) is 70.7 Å². The molecule has 30 heavy (non-hydrogen) atoms. The number of H-pyrrole nitrogens is 1. The number of nitrogens with two attached hydrogens (primary N) is 1. The molecule has 6 nitrogen and oxygen atoms in total. The molecule has 0 radical (unpaired) electrons. The number of rotatable bonds is 3. The van der Waals surface area contributed by atoms with E-state index in [0.717, 1.165) is 23.4 Å². The van der Waals surface area contributed by atoms with Gasteiger partial charge >= 0.3 is 0 Å². The molecule has 1 aliphatic heterocycles. The maximum atomic E-state index is 9.91. The SMILES string of the molecule is CCn1c2ccccc2c2cc([C@H]3C(C#N)=C(N)Oc4n[nH]c(C(C)C)c43)ccc21. The largest absolute Gasteiger partial charge is 0.420 e. The van der Waals surface area contributed by atoms with Crippen molar-refractivity contribution in [2.45, 2.75) is 39.2 Å². The van der Waals surface area contributed by atoms with Crippen molar-refractivity contribution in [3.63, 3.8) is 0 Å². The number of aryl methyl sites for hydroxylation is 1. The van der Waals surface area contributed by atoms with Crippen molar-refractivity contribution < 1.29 is 4.74 Å². The van der Waals surface area contributed by atoms with Gasteiger partial charge in [0, 0.05) is 34.0 Å². The van der Waals surface area contributed by atoms with Crippen LogP contribution in [-0.2, 0) is 6.54 Å². The summed E-state index contributed by atoms with van der Waals surface area (Å²) in [6.45, 7) is 7.23. The van der Waals surface area contributed by atoms with Crippen LogP contribution in [0.1, 0.15) is 49.4 Å². The highest BCUT2D eigenvalue weighted by molar-refractivity contribution is 6.08. The molecule has 4 aromatic rings. The lowest BCUT2D eigenvalue weighted by atomic mass is 9.82. The van der Waals surface area contributed by atoms with Gasteiger partial charge < -0.3 is 15.0 Å². The minimum Gasteiger partial charge on any atom is -0.420 e.